The van der Waals surface area contributed by atoms with E-state index in [1.807, 2.05) is 0 Å². The summed E-state index contributed by atoms with van der Waals surface area (Å²) < 4.78 is 41.1. The lowest BCUT2D eigenvalue weighted by molar-refractivity contribution is -0.274. The molecule has 1 atom stereocenters. The number of fused-ring (bicyclic) bond motifs is 1. The smallest absolute Gasteiger partial charge is 0.406 e. The number of carbonyl (C=O) groups excluding carboxylic acids is 2. The average molecular weight is 389 g/mol. The Morgan fingerprint density at radius 1 is 1.23 bits per heavy atom. The van der Waals surface area contributed by atoms with E-state index in [-0.39, 0.29) is 16.8 Å². The van der Waals surface area contributed by atoms with Gasteiger partial charge in [0.15, 0.2) is 5.13 Å². The maximum absolute atomic E-state index is 12.3. The first-order valence-electron chi connectivity index (χ1n) is 7.63. The summed E-state index contributed by atoms with van der Waals surface area (Å²) in [4.78, 5) is 28.2. The zero-order chi connectivity index (χ0) is 19.7. The van der Waals surface area contributed by atoms with Crippen molar-refractivity contribution in [3.05, 3.63) is 18.2 Å². The molecular weight excluding hydrogens is 371 g/mol. The molecule has 0 radical (unpaired) electrons. The molecule has 0 unspecified atom stereocenters. The van der Waals surface area contributed by atoms with E-state index in [1.165, 1.54) is 19.1 Å². The topological polar surface area (TPSA) is 80.3 Å². The lowest BCUT2D eigenvalue weighted by Gasteiger charge is -2.21. The summed E-state index contributed by atoms with van der Waals surface area (Å²) in [6, 6.07) is 2.92. The van der Waals surface area contributed by atoms with Gasteiger partial charge < -0.3 is 15.4 Å². The number of nitrogens with zero attached hydrogens (tertiary/aromatic N) is 1. The SMILES string of the molecule is C[C@@H](NC(=O)C(C)(C)C)C(=O)Nc1nc2ccc(OC(F)(F)F)cc2s1. The van der Waals surface area contributed by atoms with E-state index in [0.29, 0.717) is 10.2 Å². The summed E-state index contributed by atoms with van der Waals surface area (Å²) in [6.45, 7) is 6.70. The Balaban J connectivity index is 2.08. The van der Waals surface area contributed by atoms with E-state index in [4.69, 9.17) is 0 Å². The monoisotopic (exact) mass is 389 g/mol. The highest BCUT2D eigenvalue weighted by Gasteiger charge is 2.31. The molecule has 0 aliphatic carbocycles. The summed E-state index contributed by atoms with van der Waals surface area (Å²) in [5, 5.41) is 5.35. The van der Waals surface area contributed by atoms with Gasteiger partial charge in [-0.25, -0.2) is 4.98 Å². The van der Waals surface area contributed by atoms with Crippen LogP contribution in [0.4, 0.5) is 18.3 Å². The number of rotatable bonds is 4. The molecule has 2 N–H and O–H groups in total. The number of hydrogen-bond acceptors (Lipinski definition) is 5. The van der Waals surface area contributed by atoms with Gasteiger partial charge in [0.1, 0.15) is 11.8 Å². The van der Waals surface area contributed by atoms with Crippen LogP contribution in [0.15, 0.2) is 18.2 Å². The molecule has 1 aromatic carbocycles. The summed E-state index contributed by atoms with van der Waals surface area (Å²) >= 11 is 1.00. The van der Waals surface area contributed by atoms with Gasteiger partial charge in [-0.3, -0.25) is 9.59 Å². The number of ether oxygens (including phenoxy) is 1. The predicted octanol–water partition coefficient (Wildman–Crippen LogP) is 3.68. The molecular formula is C16H18F3N3O3S. The van der Waals surface area contributed by atoms with Crippen molar-refractivity contribution in [2.45, 2.75) is 40.1 Å². The second-order valence-corrected chi connectivity index (χ2v) is 7.66. The minimum atomic E-state index is -4.78. The highest BCUT2D eigenvalue weighted by Crippen LogP contribution is 2.31. The van der Waals surface area contributed by atoms with Crippen molar-refractivity contribution < 1.29 is 27.5 Å². The third-order valence-corrected chi connectivity index (χ3v) is 4.18. The maximum atomic E-state index is 12.3. The van der Waals surface area contributed by atoms with Crippen molar-refractivity contribution in [3.63, 3.8) is 0 Å². The number of carbonyl (C=O) groups is 2. The molecule has 0 fully saturated rings. The van der Waals surface area contributed by atoms with E-state index >= 15 is 0 Å². The summed E-state index contributed by atoms with van der Waals surface area (Å²) in [6.07, 6.45) is -4.78. The Hall–Kier alpha value is -2.36. The van der Waals surface area contributed by atoms with Gasteiger partial charge in [-0.15, -0.1) is 13.2 Å². The van der Waals surface area contributed by atoms with Crippen molar-refractivity contribution in [1.82, 2.24) is 10.3 Å². The molecule has 1 aromatic heterocycles. The van der Waals surface area contributed by atoms with Crippen LogP contribution in [0.2, 0.25) is 0 Å². The second kappa shape index (κ2) is 7.10. The third-order valence-electron chi connectivity index (χ3n) is 3.25. The number of anilines is 1. The average Bonchev–Trinajstić information content (AvgIpc) is 2.85. The van der Waals surface area contributed by atoms with Gasteiger partial charge in [0, 0.05) is 11.5 Å². The quantitative estimate of drug-likeness (QED) is 0.836. The van der Waals surface area contributed by atoms with Crippen molar-refractivity contribution >= 4 is 38.5 Å². The lowest BCUT2D eigenvalue weighted by atomic mass is 9.95. The molecule has 6 nitrogen and oxygen atoms in total. The highest BCUT2D eigenvalue weighted by atomic mass is 32.1. The Labute approximate surface area is 151 Å². The van der Waals surface area contributed by atoms with E-state index in [2.05, 4.69) is 20.4 Å². The molecule has 0 spiro atoms. The third kappa shape index (κ3) is 5.32. The Bertz CT molecular complexity index is 827. The van der Waals surface area contributed by atoms with Crippen LogP contribution in [0.5, 0.6) is 5.75 Å². The Morgan fingerprint density at radius 2 is 1.88 bits per heavy atom. The number of amides is 2. The Morgan fingerprint density at radius 3 is 2.46 bits per heavy atom. The maximum Gasteiger partial charge on any atom is 0.573 e. The number of aromatic nitrogens is 1. The highest BCUT2D eigenvalue weighted by molar-refractivity contribution is 7.22. The minimum absolute atomic E-state index is 0.214. The molecule has 142 valence electrons. The molecule has 26 heavy (non-hydrogen) atoms. The molecule has 2 amide bonds. The molecule has 0 saturated heterocycles. The van der Waals surface area contributed by atoms with Crippen LogP contribution >= 0.6 is 11.3 Å². The van der Waals surface area contributed by atoms with Crippen LogP contribution in [0.1, 0.15) is 27.7 Å². The normalized spacial score (nSPS) is 13.3. The van der Waals surface area contributed by atoms with E-state index < -0.39 is 23.7 Å². The molecule has 0 aliphatic rings. The van der Waals surface area contributed by atoms with Crippen molar-refractivity contribution in [2.75, 3.05) is 5.32 Å². The van der Waals surface area contributed by atoms with Gasteiger partial charge in [-0.1, -0.05) is 32.1 Å². The fourth-order valence-electron chi connectivity index (χ4n) is 1.85. The van der Waals surface area contributed by atoms with Crippen LogP contribution in [0.3, 0.4) is 0 Å². The van der Waals surface area contributed by atoms with Gasteiger partial charge in [0.05, 0.1) is 10.2 Å². The van der Waals surface area contributed by atoms with Crippen molar-refractivity contribution in [1.29, 1.82) is 0 Å². The molecule has 10 heteroatoms. The van der Waals surface area contributed by atoms with Gasteiger partial charge in [0.25, 0.3) is 0 Å². The van der Waals surface area contributed by atoms with E-state index in [1.54, 1.807) is 20.8 Å². The summed E-state index contributed by atoms with van der Waals surface area (Å²) in [5.41, 5.74) is -0.217. The number of benzene rings is 1. The standard InChI is InChI=1S/C16H18F3N3O3S/c1-8(20-13(24)15(2,3)4)12(23)22-14-21-10-6-5-9(7-11(10)26-14)25-16(17,18)19/h5-8H,1-4H3,(H,20,24)(H,21,22,23)/t8-/m1/s1. The van der Waals surface area contributed by atoms with Crippen molar-refractivity contribution in [2.24, 2.45) is 5.41 Å². The van der Waals surface area contributed by atoms with Gasteiger partial charge in [0.2, 0.25) is 11.8 Å². The first-order valence-corrected chi connectivity index (χ1v) is 8.45. The van der Waals surface area contributed by atoms with E-state index in [9.17, 15) is 22.8 Å². The molecule has 2 rings (SSSR count). The lowest BCUT2D eigenvalue weighted by Crippen LogP contribution is -2.46. The molecule has 1 heterocycles. The number of alkyl halides is 3. The van der Waals surface area contributed by atoms with Crippen LogP contribution < -0.4 is 15.4 Å². The van der Waals surface area contributed by atoms with Crippen LogP contribution in [-0.2, 0) is 9.59 Å². The minimum Gasteiger partial charge on any atom is -0.406 e. The molecule has 2 aromatic rings. The number of thiazole rings is 1. The van der Waals surface area contributed by atoms with E-state index in [0.717, 1.165) is 17.4 Å². The van der Waals surface area contributed by atoms with Crippen LogP contribution in [0, 0.1) is 5.41 Å². The number of halogens is 3. The molecule has 0 saturated carbocycles. The molecule has 0 bridgehead atoms. The zero-order valence-electron chi connectivity index (χ0n) is 14.5. The summed E-state index contributed by atoms with van der Waals surface area (Å²) in [7, 11) is 0. The second-order valence-electron chi connectivity index (χ2n) is 6.63. The van der Waals surface area contributed by atoms with Gasteiger partial charge >= 0.3 is 6.36 Å². The van der Waals surface area contributed by atoms with Gasteiger partial charge in [-0.2, -0.15) is 0 Å². The number of nitrogens with one attached hydrogen (secondary N) is 2. The van der Waals surface area contributed by atoms with Gasteiger partial charge in [-0.05, 0) is 19.1 Å². The van der Waals surface area contributed by atoms with Crippen LogP contribution in [-0.4, -0.2) is 29.2 Å². The fourth-order valence-corrected chi connectivity index (χ4v) is 2.75. The first-order chi connectivity index (χ1) is 11.8. The molecule has 0 aliphatic heterocycles. The first kappa shape index (κ1) is 20.0. The number of hydrogen-bond donors (Lipinski definition) is 2. The predicted molar refractivity (Wildman–Crippen MR) is 92.0 cm³/mol. The largest absolute Gasteiger partial charge is 0.573 e. The fraction of sp³-hybridized carbons (Fsp3) is 0.438. The Kier molecular flexibility index (Phi) is 5.45. The summed E-state index contributed by atoms with van der Waals surface area (Å²) in [5.74, 6) is -1.12. The zero-order valence-corrected chi connectivity index (χ0v) is 15.3. The van der Waals surface area contributed by atoms with Crippen LogP contribution in [0.25, 0.3) is 10.2 Å². The van der Waals surface area contributed by atoms with Crippen molar-refractivity contribution in [3.8, 4) is 5.75 Å².